The van der Waals surface area contributed by atoms with Crippen molar-refractivity contribution in [3.05, 3.63) is 0 Å². The van der Waals surface area contributed by atoms with Crippen molar-refractivity contribution in [2.75, 3.05) is 26.2 Å². The third-order valence-electron chi connectivity index (χ3n) is 3.24. The first-order valence-electron chi connectivity index (χ1n) is 6.30. The fraction of sp³-hybridized carbons (Fsp3) is 0.833. The molecule has 1 aliphatic heterocycles. The predicted octanol–water partition coefficient (Wildman–Crippen LogP) is 0.766. The van der Waals surface area contributed by atoms with Crippen LogP contribution in [0.15, 0.2) is 0 Å². The number of carbonyl (C=O) groups is 2. The van der Waals surface area contributed by atoms with Gasteiger partial charge in [0, 0.05) is 12.6 Å². The van der Waals surface area contributed by atoms with E-state index in [0.717, 1.165) is 12.8 Å². The molecule has 1 saturated carbocycles. The van der Waals surface area contributed by atoms with Crippen molar-refractivity contribution in [1.29, 1.82) is 0 Å². The summed E-state index contributed by atoms with van der Waals surface area (Å²) in [5, 5.41) is 8.87. The van der Waals surface area contributed by atoms with E-state index in [1.807, 2.05) is 13.8 Å². The molecule has 0 spiro atoms. The van der Waals surface area contributed by atoms with Crippen LogP contribution in [0.4, 0.5) is 4.79 Å². The van der Waals surface area contributed by atoms with E-state index in [0.29, 0.717) is 19.7 Å². The highest BCUT2D eigenvalue weighted by Gasteiger charge is 2.38. The Kier molecular flexibility index (Phi) is 3.47. The SMILES string of the molecule is CC1(C)CN(C(=O)N(CC(=O)O)C2CC2)CCO1. The van der Waals surface area contributed by atoms with Crippen molar-refractivity contribution in [1.82, 2.24) is 9.80 Å². The highest BCUT2D eigenvalue weighted by atomic mass is 16.5. The zero-order chi connectivity index (χ0) is 13.3. The van der Waals surface area contributed by atoms with Crippen LogP contribution < -0.4 is 0 Å². The minimum atomic E-state index is -0.956. The quantitative estimate of drug-likeness (QED) is 0.809. The Labute approximate surface area is 106 Å². The van der Waals surface area contributed by atoms with E-state index in [4.69, 9.17) is 9.84 Å². The smallest absolute Gasteiger partial charge is 0.323 e. The summed E-state index contributed by atoms with van der Waals surface area (Å²) in [5.41, 5.74) is -0.355. The third-order valence-corrected chi connectivity index (χ3v) is 3.24. The molecule has 0 atom stereocenters. The average molecular weight is 256 g/mol. The molecule has 2 fully saturated rings. The number of morpholine rings is 1. The molecule has 0 unspecified atom stereocenters. The molecule has 18 heavy (non-hydrogen) atoms. The Morgan fingerprint density at radius 3 is 2.61 bits per heavy atom. The number of amides is 2. The summed E-state index contributed by atoms with van der Waals surface area (Å²) >= 11 is 0. The summed E-state index contributed by atoms with van der Waals surface area (Å²) in [6.07, 6.45) is 1.82. The van der Waals surface area contributed by atoms with Crippen LogP contribution in [0.2, 0.25) is 0 Å². The number of aliphatic carboxylic acids is 1. The van der Waals surface area contributed by atoms with Crippen LogP contribution in [0, 0.1) is 0 Å². The molecule has 0 radical (unpaired) electrons. The van der Waals surface area contributed by atoms with Crippen LogP contribution in [0.25, 0.3) is 0 Å². The molecule has 2 aliphatic rings. The zero-order valence-corrected chi connectivity index (χ0v) is 10.9. The summed E-state index contributed by atoms with van der Waals surface area (Å²) in [7, 11) is 0. The predicted molar refractivity (Wildman–Crippen MR) is 64.4 cm³/mol. The van der Waals surface area contributed by atoms with Gasteiger partial charge in [0.25, 0.3) is 0 Å². The van der Waals surface area contributed by atoms with Crippen LogP contribution in [0.1, 0.15) is 26.7 Å². The van der Waals surface area contributed by atoms with Crippen molar-refractivity contribution >= 4 is 12.0 Å². The molecule has 0 aromatic carbocycles. The topological polar surface area (TPSA) is 70.1 Å². The van der Waals surface area contributed by atoms with Crippen molar-refractivity contribution in [3.63, 3.8) is 0 Å². The first-order valence-corrected chi connectivity index (χ1v) is 6.30. The van der Waals surface area contributed by atoms with Gasteiger partial charge in [0.1, 0.15) is 6.54 Å². The van der Waals surface area contributed by atoms with E-state index in [1.165, 1.54) is 4.90 Å². The van der Waals surface area contributed by atoms with E-state index >= 15 is 0 Å². The molecule has 6 nitrogen and oxygen atoms in total. The van der Waals surface area contributed by atoms with E-state index < -0.39 is 5.97 Å². The number of nitrogens with zero attached hydrogens (tertiary/aromatic N) is 2. The molecular formula is C12H20N2O4. The fourth-order valence-electron chi connectivity index (χ4n) is 2.25. The molecule has 1 heterocycles. The van der Waals surface area contributed by atoms with Crippen LogP contribution in [0.5, 0.6) is 0 Å². The van der Waals surface area contributed by atoms with Gasteiger partial charge in [-0.25, -0.2) is 4.79 Å². The van der Waals surface area contributed by atoms with Gasteiger partial charge in [-0.1, -0.05) is 0 Å². The molecular weight excluding hydrogens is 236 g/mol. The maximum atomic E-state index is 12.3. The molecule has 1 aliphatic carbocycles. The van der Waals surface area contributed by atoms with Crippen molar-refractivity contribution in [2.45, 2.75) is 38.3 Å². The van der Waals surface area contributed by atoms with Gasteiger partial charge in [-0.2, -0.15) is 0 Å². The maximum Gasteiger partial charge on any atom is 0.323 e. The average Bonchev–Trinajstić information content (AvgIpc) is 3.07. The largest absolute Gasteiger partial charge is 0.480 e. The van der Waals surface area contributed by atoms with Crippen LogP contribution in [-0.4, -0.2) is 64.8 Å². The molecule has 1 saturated heterocycles. The lowest BCUT2D eigenvalue weighted by atomic mass is 10.1. The molecule has 102 valence electrons. The second-order valence-corrected chi connectivity index (χ2v) is 5.57. The standard InChI is InChI=1S/C12H20N2O4/c1-12(2)8-13(5-6-18-12)11(17)14(7-10(15)16)9-3-4-9/h9H,3-8H2,1-2H3,(H,15,16). The molecule has 2 rings (SSSR count). The number of hydrogen-bond acceptors (Lipinski definition) is 3. The first-order chi connectivity index (χ1) is 8.39. The molecule has 0 aromatic rings. The first kappa shape index (κ1) is 13.1. The Hall–Kier alpha value is -1.30. The van der Waals surface area contributed by atoms with Crippen LogP contribution >= 0.6 is 0 Å². The second-order valence-electron chi connectivity index (χ2n) is 5.57. The minimum Gasteiger partial charge on any atom is -0.480 e. The molecule has 6 heteroatoms. The molecule has 2 amide bonds. The lowest BCUT2D eigenvalue weighted by Gasteiger charge is -2.40. The van der Waals surface area contributed by atoms with Crippen LogP contribution in [-0.2, 0) is 9.53 Å². The lowest BCUT2D eigenvalue weighted by Crippen LogP contribution is -2.55. The number of carboxylic acids is 1. The number of carbonyl (C=O) groups excluding carboxylic acids is 1. The maximum absolute atomic E-state index is 12.3. The van der Waals surface area contributed by atoms with E-state index in [2.05, 4.69) is 0 Å². The zero-order valence-electron chi connectivity index (χ0n) is 10.9. The number of carboxylic acid groups (broad SMARTS) is 1. The van der Waals surface area contributed by atoms with Gasteiger partial charge in [0.15, 0.2) is 0 Å². The number of hydrogen-bond donors (Lipinski definition) is 1. The molecule has 0 aromatic heterocycles. The highest BCUT2D eigenvalue weighted by molar-refractivity contribution is 5.81. The third kappa shape index (κ3) is 3.13. The van der Waals surface area contributed by atoms with Gasteiger partial charge < -0.3 is 19.6 Å². The van der Waals surface area contributed by atoms with Crippen LogP contribution in [0.3, 0.4) is 0 Å². The van der Waals surface area contributed by atoms with Gasteiger partial charge in [-0.3, -0.25) is 4.79 Å². The van der Waals surface area contributed by atoms with E-state index in [-0.39, 0.29) is 24.2 Å². The van der Waals surface area contributed by atoms with Crippen molar-refractivity contribution < 1.29 is 19.4 Å². The van der Waals surface area contributed by atoms with Crippen molar-refractivity contribution in [3.8, 4) is 0 Å². The number of rotatable bonds is 3. The van der Waals surface area contributed by atoms with Gasteiger partial charge in [-0.05, 0) is 26.7 Å². The van der Waals surface area contributed by atoms with Gasteiger partial charge >= 0.3 is 12.0 Å². The summed E-state index contributed by atoms with van der Waals surface area (Å²) in [4.78, 5) is 26.3. The Balaban J connectivity index is 2.01. The molecule has 1 N–H and O–H groups in total. The fourth-order valence-corrected chi connectivity index (χ4v) is 2.25. The Bertz CT molecular complexity index is 352. The minimum absolute atomic E-state index is 0.111. The highest BCUT2D eigenvalue weighted by Crippen LogP contribution is 2.28. The second kappa shape index (κ2) is 4.76. The summed E-state index contributed by atoms with van der Waals surface area (Å²) in [5.74, 6) is -0.956. The lowest BCUT2D eigenvalue weighted by molar-refractivity contribution is -0.138. The summed E-state index contributed by atoms with van der Waals surface area (Å²) in [6, 6.07) is -0.0594. The molecule has 0 bridgehead atoms. The Morgan fingerprint density at radius 2 is 2.11 bits per heavy atom. The van der Waals surface area contributed by atoms with Gasteiger partial charge in [-0.15, -0.1) is 0 Å². The van der Waals surface area contributed by atoms with Gasteiger partial charge in [0.05, 0.1) is 18.8 Å². The number of ether oxygens (including phenoxy) is 1. The summed E-state index contributed by atoms with van der Waals surface area (Å²) in [6.45, 7) is 5.21. The Morgan fingerprint density at radius 1 is 1.44 bits per heavy atom. The monoisotopic (exact) mass is 256 g/mol. The van der Waals surface area contributed by atoms with Crippen molar-refractivity contribution in [2.24, 2.45) is 0 Å². The normalized spacial score (nSPS) is 22.7. The van der Waals surface area contributed by atoms with Gasteiger partial charge in [0.2, 0.25) is 0 Å². The summed E-state index contributed by atoms with van der Waals surface area (Å²) < 4.78 is 5.55. The van der Waals surface area contributed by atoms with E-state index in [1.54, 1.807) is 4.90 Å². The van der Waals surface area contributed by atoms with E-state index in [9.17, 15) is 9.59 Å². The number of urea groups is 1.